The van der Waals surface area contributed by atoms with Gasteiger partial charge in [-0.3, -0.25) is 4.72 Å². The van der Waals surface area contributed by atoms with Gasteiger partial charge < -0.3 is 15.2 Å². The molecule has 38 heavy (non-hydrogen) atoms. The third-order valence-corrected chi connectivity index (χ3v) is 8.55. The lowest BCUT2D eigenvalue weighted by Gasteiger charge is -2.23. The lowest BCUT2D eigenvalue weighted by Crippen LogP contribution is -2.22. The summed E-state index contributed by atoms with van der Waals surface area (Å²) >= 11 is 1.50. The molecular weight excluding hydrogens is 529 g/mol. The number of hydrogen-bond donors (Lipinski definition) is 3. The molecule has 0 spiro atoms. The molecule has 9 nitrogen and oxygen atoms in total. The van der Waals surface area contributed by atoms with Crippen molar-refractivity contribution in [2.24, 2.45) is 10.9 Å². The number of sulfonamides is 1. The lowest BCUT2D eigenvalue weighted by molar-refractivity contribution is 0.0835. The molecule has 1 unspecified atom stereocenters. The number of aromatic nitrogens is 2. The molecule has 0 amide bonds. The zero-order valence-electron chi connectivity index (χ0n) is 21.8. The highest BCUT2D eigenvalue weighted by molar-refractivity contribution is 8.13. The van der Waals surface area contributed by atoms with Gasteiger partial charge in [0.15, 0.2) is 5.82 Å². The SMILES string of the molecule is C=C(N=C(SCc1ccnc(NCC(O)CC)n1)C1CCOCC1)c1cccc(NS(=O)(=O)CCC)c1F. The second-order valence-electron chi connectivity index (χ2n) is 8.97. The largest absolute Gasteiger partial charge is 0.391 e. The van der Waals surface area contributed by atoms with Gasteiger partial charge >= 0.3 is 0 Å². The van der Waals surface area contributed by atoms with Crippen molar-refractivity contribution in [1.29, 1.82) is 0 Å². The van der Waals surface area contributed by atoms with E-state index in [1.54, 1.807) is 19.2 Å². The molecule has 1 aromatic carbocycles. The van der Waals surface area contributed by atoms with E-state index in [1.807, 2.05) is 13.0 Å². The fourth-order valence-electron chi connectivity index (χ4n) is 3.76. The van der Waals surface area contributed by atoms with Crippen LogP contribution in [0.15, 0.2) is 42.0 Å². The van der Waals surface area contributed by atoms with Crippen molar-refractivity contribution in [1.82, 2.24) is 9.97 Å². The molecule has 1 aromatic heterocycles. The second kappa shape index (κ2) is 14.6. The van der Waals surface area contributed by atoms with Crippen LogP contribution in [0.5, 0.6) is 0 Å². The van der Waals surface area contributed by atoms with Crippen molar-refractivity contribution in [3.8, 4) is 0 Å². The number of halogens is 1. The number of aliphatic imine (C=N–C) groups is 1. The van der Waals surface area contributed by atoms with Crippen LogP contribution in [0.3, 0.4) is 0 Å². The zero-order valence-corrected chi connectivity index (χ0v) is 23.5. The summed E-state index contributed by atoms with van der Waals surface area (Å²) in [5, 5.41) is 13.6. The first kappa shape index (κ1) is 30.0. The quantitative estimate of drug-likeness (QED) is 0.236. The number of aliphatic hydroxyl groups is 1. The van der Waals surface area contributed by atoms with Crippen molar-refractivity contribution >= 4 is 44.2 Å². The van der Waals surface area contributed by atoms with Gasteiger partial charge in [-0.2, -0.15) is 0 Å². The molecule has 1 saturated heterocycles. The number of rotatable bonds is 13. The molecule has 0 radical (unpaired) electrons. The van der Waals surface area contributed by atoms with Gasteiger partial charge in [-0.05, 0) is 43.9 Å². The summed E-state index contributed by atoms with van der Waals surface area (Å²) in [6.07, 6.45) is 3.80. The Kier molecular flexibility index (Phi) is 11.5. The van der Waals surface area contributed by atoms with Crippen LogP contribution in [-0.4, -0.2) is 60.2 Å². The zero-order chi connectivity index (χ0) is 27.5. The number of nitrogens with one attached hydrogen (secondary N) is 2. The molecule has 1 aliphatic heterocycles. The maximum Gasteiger partial charge on any atom is 0.232 e. The molecule has 0 bridgehead atoms. The first-order valence-electron chi connectivity index (χ1n) is 12.7. The number of nitrogens with zero attached hydrogens (tertiary/aromatic N) is 3. The Labute approximate surface area is 228 Å². The molecule has 2 aromatic rings. The number of ether oxygens (including phenoxy) is 1. The molecule has 1 aliphatic rings. The van der Waals surface area contributed by atoms with Crippen molar-refractivity contribution in [3.05, 3.63) is 54.1 Å². The molecule has 0 aliphatic carbocycles. The van der Waals surface area contributed by atoms with Crippen molar-refractivity contribution in [2.75, 3.05) is 35.6 Å². The van der Waals surface area contributed by atoms with Crippen molar-refractivity contribution in [3.63, 3.8) is 0 Å². The summed E-state index contributed by atoms with van der Waals surface area (Å²) < 4.78 is 47.5. The Balaban J connectivity index is 1.80. The third-order valence-electron chi connectivity index (χ3n) is 5.91. The molecular formula is C26H36FN5O4S2. The molecule has 3 N–H and O–H groups in total. The van der Waals surface area contributed by atoms with Crippen LogP contribution in [0.4, 0.5) is 16.0 Å². The van der Waals surface area contributed by atoms with E-state index in [0.717, 1.165) is 23.6 Å². The highest BCUT2D eigenvalue weighted by atomic mass is 32.2. The van der Waals surface area contributed by atoms with E-state index < -0.39 is 21.9 Å². The molecule has 1 fully saturated rings. The number of anilines is 2. The maximum absolute atomic E-state index is 15.3. The number of benzene rings is 1. The average Bonchev–Trinajstić information content (AvgIpc) is 2.91. The molecule has 208 valence electrons. The van der Waals surface area contributed by atoms with E-state index in [9.17, 15) is 13.5 Å². The average molecular weight is 566 g/mol. The minimum atomic E-state index is -3.65. The van der Waals surface area contributed by atoms with Gasteiger partial charge in [-0.25, -0.2) is 27.8 Å². The summed E-state index contributed by atoms with van der Waals surface area (Å²) in [6, 6.07) is 6.32. The van der Waals surface area contributed by atoms with Gasteiger partial charge in [0.05, 0.1) is 34.0 Å². The summed E-state index contributed by atoms with van der Waals surface area (Å²) in [7, 11) is -3.65. The van der Waals surface area contributed by atoms with Crippen LogP contribution in [0.1, 0.15) is 50.8 Å². The first-order chi connectivity index (χ1) is 18.2. The molecule has 12 heteroatoms. The summed E-state index contributed by atoms with van der Waals surface area (Å²) in [4.78, 5) is 13.5. The van der Waals surface area contributed by atoms with Gasteiger partial charge in [0, 0.05) is 43.2 Å². The summed E-state index contributed by atoms with van der Waals surface area (Å²) in [6.45, 7) is 9.23. The normalized spacial score (nSPS) is 15.7. The molecule has 1 atom stereocenters. The standard InChI is InChI=1S/C26H36FN5O4S2/c1-4-15-38(34,35)32-23-8-6-7-22(24(23)27)18(3)30-25(19-10-13-36-14-11-19)37-17-20-9-12-28-26(31-20)29-16-21(33)5-2/h6-9,12,19,21,32-33H,3-5,10-11,13-17H2,1-2H3,(H,28,29,31). The smallest absolute Gasteiger partial charge is 0.232 e. The van der Waals surface area contributed by atoms with E-state index in [1.165, 1.54) is 23.9 Å². The Bertz CT molecular complexity index is 1220. The van der Waals surface area contributed by atoms with Crippen LogP contribution >= 0.6 is 11.8 Å². The van der Waals surface area contributed by atoms with Gasteiger partial charge in [0.1, 0.15) is 0 Å². The van der Waals surface area contributed by atoms with E-state index >= 15 is 4.39 Å². The number of thioether (sulfide) groups is 1. The second-order valence-corrected chi connectivity index (χ2v) is 11.8. The van der Waals surface area contributed by atoms with Crippen LogP contribution in [0.2, 0.25) is 0 Å². The summed E-state index contributed by atoms with van der Waals surface area (Å²) in [5.74, 6) is 0.266. The Morgan fingerprint density at radius 3 is 2.79 bits per heavy atom. The monoisotopic (exact) mass is 565 g/mol. The van der Waals surface area contributed by atoms with Gasteiger partial charge in [-0.1, -0.05) is 26.5 Å². The maximum atomic E-state index is 15.3. The third kappa shape index (κ3) is 9.04. The number of aliphatic hydroxyl groups excluding tert-OH is 1. The summed E-state index contributed by atoms with van der Waals surface area (Å²) in [5.41, 5.74) is 1.01. The van der Waals surface area contributed by atoms with Gasteiger partial charge in [0.25, 0.3) is 0 Å². The van der Waals surface area contributed by atoms with E-state index in [0.29, 0.717) is 44.3 Å². The van der Waals surface area contributed by atoms with Crippen LogP contribution in [0.25, 0.3) is 5.70 Å². The molecule has 0 saturated carbocycles. The highest BCUT2D eigenvalue weighted by Gasteiger charge is 2.22. The minimum Gasteiger partial charge on any atom is -0.391 e. The lowest BCUT2D eigenvalue weighted by atomic mass is 10.0. The Morgan fingerprint density at radius 2 is 2.08 bits per heavy atom. The van der Waals surface area contributed by atoms with E-state index in [2.05, 4.69) is 26.6 Å². The van der Waals surface area contributed by atoms with Crippen molar-refractivity contribution in [2.45, 2.75) is 51.4 Å². The Morgan fingerprint density at radius 1 is 1.32 bits per heavy atom. The fraction of sp³-hybridized carbons (Fsp3) is 0.500. The Hall–Kier alpha value is -2.54. The molecule has 2 heterocycles. The predicted octanol–water partition coefficient (Wildman–Crippen LogP) is 4.68. The highest BCUT2D eigenvalue weighted by Crippen LogP contribution is 2.30. The topological polar surface area (TPSA) is 126 Å². The first-order valence-corrected chi connectivity index (χ1v) is 15.4. The van der Waals surface area contributed by atoms with Crippen LogP contribution in [0, 0.1) is 11.7 Å². The van der Waals surface area contributed by atoms with Crippen LogP contribution in [-0.2, 0) is 20.5 Å². The van der Waals surface area contributed by atoms with Gasteiger partial charge in [0.2, 0.25) is 16.0 Å². The number of hydrogen-bond acceptors (Lipinski definition) is 9. The van der Waals surface area contributed by atoms with E-state index in [-0.39, 0.29) is 28.6 Å². The fourth-order valence-corrected chi connectivity index (χ4v) is 6.00. The van der Waals surface area contributed by atoms with Crippen LogP contribution < -0.4 is 10.0 Å². The minimum absolute atomic E-state index is 0.0975. The predicted molar refractivity (Wildman–Crippen MR) is 152 cm³/mol. The van der Waals surface area contributed by atoms with E-state index in [4.69, 9.17) is 9.73 Å². The molecule has 3 rings (SSSR count). The van der Waals surface area contributed by atoms with Gasteiger partial charge in [-0.15, -0.1) is 11.8 Å². The van der Waals surface area contributed by atoms with Crippen molar-refractivity contribution < 1.29 is 22.7 Å².